The zero-order chi connectivity index (χ0) is 27.4. The van der Waals surface area contributed by atoms with Crippen LogP contribution in [0.3, 0.4) is 0 Å². The number of ether oxygens (including phenoxy) is 2. The molecule has 0 aliphatic carbocycles. The summed E-state index contributed by atoms with van der Waals surface area (Å²) in [6, 6.07) is 8.21. The number of nitrogens with zero attached hydrogens (tertiary/aromatic N) is 1. The molecule has 0 bridgehead atoms. The number of anilines is 1. The molecule has 0 radical (unpaired) electrons. The summed E-state index contributed by atoms with van der Waals surface area (Å²) >= 11 is 0. The first-order chi connectivity index (χ1) is 18.1. The molecule has 0 spiro atoms. The van der Waals surface area contributed by atoms with Crippen LogP contribution in [0.4, 0.5) is 18.9 Å². The summed E-state index contributed by atoms with van der Waals surface area (Å²) in [5.74, 6) is -0.675. The van der Waals surface area contributed by atoms with Gasteiger partial charge in [0.15, 0.2) is 0 Å². The molecule has 3 amide bonds. The molecule has 2 aromatic rings. The normalized spacial score (nSPS) is 21.3. The Kier molecular flexibility index (Phi) is 8.25. The average molecular weight is 534 g/mol. The van der Waals surface area contributed by atoms with Crippen LogP contribution >= 0.6 is 0 Å². The van der Waals surface area contributed by atoms with Crippen molar-refractivity contribution < 1.29 is 37.0 Å². The Morgan fingerprint density at radius 1 is 1.11 bits per heavy atom. The largest absolute Gasteiger partial charge is 0.490 e. The molecule has 1 fully saturated rings. The Balaban J connectivity index is 1.45. The number of alkyl halides is 3. The standard InChI is InChI=1S/C27H30F3N3O5/c1-3-12-31-24(34)14-19-9-10-21-23(38-19)15-37-22-11-8-18(13-20(22)26(36)33(21)2)32-25(35)16-4-6-17(7-5-16)27(28,29)30/h4-8,11,13,19,21,23H,3,9-10,12,14-15H2,1-2H3,(H,31,34)(H,32,35)/t19-,21+,23+/m0/s1. The lowest BCUT2D eigenvalue weighted by Gasteiger charge is -2.42. The predicted molar refractivity (Wildman–Crippen MR) is 133 cm³/mol. The van der Waals surface area contributed by atoms with Gasteiger partial charge in [-0.1, -0.05) is 6.92 Å². The molecule has 3 atom stereocenters. The molecule has 204 valence electrons. The van der Waals surface area contributed by atoms with Crippen molar-refractivity contribution in [2.24, 2.45) is 0 Å². The summed E-state index contributed by atoms with van der Waals surface area (Å²) in [4.78, 5) is 39.7. The van der Waals surface area contributed by atoms with Crippen molar-refractivity contribution in [3.8, 4) is 5.75 Å². The van der Waals surface area contributed by atoms with E-state index in [2.05, 4.69) is 10.6 Å². The fraction of sp³-hybridized carbons (Fsp3) is 0.444. The van der Waals surface area contributed by atoms with Crippen molar-refractivity contribution >= 4 is 23.4 Å². The first kappa shape index (κ1) is 27.4. The molecular weight excluding hydrogens is 503 g/mol. The molecule has 0 unspecified atom stereocenters. The summed E-state index contributed by atoms with van der Waals surface area (Å²) in [6.07, 6.45) is -2.81. The number of rotatable bonds is 6. The minimum absolute atomic E-state index is 0.0459. The molecule has 1 saturated heterocycles. The van der Waals surface area contributed by atoms with Crippen molar-refractivity contribution in [3.63, 3.8) is 0 Å². The highest BCUT2D eigenvalue weighted by atomic mass is 19.4. The van der Waals surface area contributed by atoms with Gasteiger partial charge in [0.2, 0.25) is 5.91 Å². The van der Waals surface area contributed by atoms with Crippen LogP contribution in [0, 0.1) is 0 Å². The van der Waals surface area contributed by atoms with Crippen LogP contribution in [-0.2, 0) is 15.7 Å². The minimum Gasteiger partial charge on any atom is -0.490 e. The number of benzene rings is 2. The van der Waals surface area contributed by atoms with Gasteiger partial charge >= 0.3 is 6.18 Å². The maximum absolute atomic E-state index is 13.4. The Bertz CT molecular complexity index is 1190. The number of carbonyl (C=O) groups excluding carboxylic acids is 3. The number of hydrogen-bond acceptors (Lipinski definition) is 5. The van der Waals surface area contributed by atoms with Gasteiger partial charge in [0.05, 0.1) is 29.7 Å². The van der Waals surface area contributed by atoms with E-state index in [-0.39, 0.29) is 48.1 Å². The maximum atomic E-state index is 13.4. The van der Waals surface area contributed by atoms with Gasteiger partial charge in [-0.15, -0.1) is 0 Å². The second-order valence-corrected chi connectivity index (χ2v) is 9.46. The number of amides is 3. The molecule has 0 aromatic heterocycles. The Labute approximate surface area is 218 Å². The summed E-state index contributed by atoms with van der Waals surface area (Å²) in [6.45, 7) is 2.77. The van der Waals surface area contributed by atoms with Gasteiger partial charge in [-0.2, -0.15) is 13.2 Å². The maximum Gasteiger partial charge on any atom is 0.416 e. The molecule has 0 saturated carbocycles. The molecule has 2 aliphatic rings. The van der Waals surface area contributed by atoms with Gasteiger partial charge in [-0.3, -0.25) is 14.4 Å². The molecule has 4 rings (SSSR count). The first-order valence-corrected chi connectivity index (χ1v) is 12.5. The minimum atomic E-state index is -4.50. The Morgan fingerprint density at radius 3 is 2.53 bits per heavy atom. The number of halogens is 3. The Morgan fingerprint density at radius 2 is 1.84 bits per heavy atom. The van der Waals surface area contributed by atoms with E-state index in [1.165, 1.54) is 6.07 Å². The van der Waals surface area contributed by atoms with E-state index in [0.717, 1.165) is 30.7 Å². The van der Waals surface area contributed by atoms with Gasteiger partial charge in [-0.25, -0.2) is 0 Å². The molecule has 2 aliphatic heterocycles. The molecule has 11 heteroatoms. The summed E-state index contributed by atoms with van der Waals surface area (Å²) in [7, 11) is 1.68. The molecule has 2 aromatic carbocycles. The van der Waals surface area contributed by atoms with Crippen LogP contribution < -0.4 is 15.4 Å². The monoisotopic (exact) mass is 533 g/mol. The third-order valence-corrected chi connectivity index (χ3v) is 6.73. The third-order valence-electron chi connectivity index (χ3n) is 6.73. The van der Waals surface area contributed by atoms with E-state index in [9.17, 15) is 27.6 Å². The predicted octanol–water partition coefficient (Wildman–Crippen LogP) is 4.25. The van der Waals surface area contributed by atoms with Crippen LogP contribution in [0.15, 0.2) is 42.5 Å². The van der Waals surface area contributed by atoms with Gasteiger partial charge in [-0.05, 0) is 61.7 Å². The van der Waals surface area contributed by atoms with Crippen LogP contribution in [0.5, 0.6) is 5.75 Å². The summed E-state index contributed by atoms with van der Waals surface area (Å²) in [5.41, 5.74) is -0.257. The fourth-order valence-corrected chi connectivity index (χ4v) is 4.66. The van der Waals surface area contributed by atoms with E-state index >= 15 is 0 Å². The van der Waals surface area contributed by atoms with Crippen molar-refractivity contribution in [1.82, 2.24) is 10.2 Å². The lowest BCUT2D eigenvalue weighted by Crippen LogP contribution is -2.54. The first-order valence-electron chi connectivity index (χ1n) is 12.5. The fourth-order valence-electron chi connectivity index (χ4n) is 4.66. The zero-order valence-electron chi connectivity index (χ0n) is 21.1. The van der Waals surface area contributed by atoms with Crippen molar-refractivity contribution in [2.45, 2.75) is 57.0 Å². The quantitative estimate of drug-likeness (QED) is 0.579. The number of hydrogen-bond donors (Lipinski definition) is 2. The van der Waals surface area contributed by atoms with Gasteiger partial charge in [0.1, 0.15) is 18.5 Å². The van der Waals surface area contributed by atoms with E-state index in [0.29, 0.717) is 30.8 Å². The second kappa shape index (κ2) is 11.4. The topological polar surface area (TPSA) is 97.0 Å². The van der Waals surface area contributed by atoms with Gasteiger partial charge in [0.25, 0.3) is 11.8 Å². The Hall–Kier alpha value is -3.60. The highest BCUT2D eigenvalue weighted by Gasteiger charge is 2.39. The molecule has 2 heterocycles. The van der Waals surface area contributed by atoms with Crippen LogP contribution in [-0.4, -0.2) is 61.1 Å². The summed E-state index contributed by atoms with van der Waals surface area (Å²) < 4.78 is 50.5. The van der Waals surface area contributed by atoms with Crippen molar-refractivity contribution in [1.29, 1.82) is 0 Å². The molecule has 2 N–H and O–H groups in total. The SMILES string of the molecule is CCCNC(=O)C[C@@H]1CC[C@@H]2[C@@H](COc3ccc(NC(=O)c4ccc(C(F)(F)F)cc4)cc3C(=O)N2C)O1. The van der Waals surface area contributed by atoms with Crippen LogP contribution in [0.1, 0.15) is 58.9 Å². The van der Waals surface area contributed by atoms with E-state index in [1.807, 2.05) is 6.92 Å². The highest BCUT2D eigenvalue weighted by Crippen LogP contribution is 2.33. The lowest BCUT2D eigenvalue weighted by molar-refractivity contribution is -0.137. The van der Waals surface area contributed by atoms with Crippen molar-refractivity contribution in [3.05, 3.63) is 59.2 Å². The number of carbonyl (C=O) groups is 3. The molecule has 38 heavy (non-hydrogen) atoms. The van der Waals surface area contributed by atoms with Crippen LogP contribution in [0.2, 0.25) is 0 Å². The number of nitrogens with one attached hydrogen (secondary N) is 2. The second-order valence-electron chi connectivity index (χ2n) is 9.46. The average Bonchev–Trinajstić information content (AvgIpc) is 2.89. The lowest BCUT2D eigenvalue weighted by atomic mass is 9.94. The van der Waals surface area contributed by atoms with Crippen LogP contribution in [0.25, 0.3) is 0 Å². The molecule has 8 nitrogen and oxygen atoms in total. The smallest absolute Gasteiger partial charge is 0.416 e. The zero-order valence-corrected chi connectivity index (χ0v) is 21.1. The highest BCUT2D eigenvalue weighted by molar-refractivity contribution is 6.05. The third kappa shape index (κ3) is 6.27. The number of fused-ring (bicyclic) bond motifs is 2. The summed E-state index contributed by atoms with van der Waals surface area (Å²) in [5, 5.41) is 5.47. The van der Waals surface area contributed by atoms with Crippen molar-refractivity contribution in [2.75, 3.05) is 25.5 Å². The van der Waals surface area contributed by atoms with E-state index in [4.69, 9.17) is 9.47 Å². The van der Waals surface area contributed by atoms with Gasteiger partial charge < -0.3 is 25.0 Å². The van der Waals surface area contributed by atoms with Gasteiger partial charge in [0, 0.05) is 24.8 Å². The van der Waals surface area contributed by atoms with E-state index in [1.54, 1.807) is 24.1 Å². The van der Waals surface area contributed by atoms with E-state index < -0.39 is 23.8 Å². The molecular formula is C27H30F3N3O5. The number of likely N-dealkylation sites (N-methyl/N-ethyl adjacent to an activating group) is 1.